The molecule has 104 valence electrons. The zero-order chi connectivity index (χ0) is 14.7. The van der Waals surface area contributed by atoms with Gasteiger partial charge in [-0.25, -0.2) is 22.4 Å². The van der Waals surface area contributed by atoms with E-state index in [-0.39, 0.29) is 6.07 Å². The molecule has 0 spiro atoms. The van der Waals surface area contributed by atoms with E-state index in [1.165, 1.54) is 0 Å². The minimum Gasteiger partial charge on any atom is -0.480 e. The molecule has 0 aliphatic carbocycles. The van der Waals surface area contributed by atoms with Crippen molar-refractivity contribution in [3.8, 4) is 0 Å². The van der Waals surface area contributed by atoms with Crippen LogP contribution in [0.1, 0.15) is 5.56 Å². The van der Waals surface area contributed by atoms with Gasteiger partial charge in [0, 0.05) is 6.07 Å². The largest absolute Gasteiger partial charge is 0.480 e. The highest BCUT2D eigenvalue weighted by molar-refractivity contribution is 6.16. The molecule has 0 saturated heterocycles. The minimum absolute atomic E-state index is 0.0348. The maximum atomic E-state index is 13.5. The van der Waals surface area contributed by atoms with Crippen molar-refractivity contribution in [3.05, 3.63) is 40.8 Å². The summed E-state index contributed by atoms with van der Waals surface area (Å²) in [6.45, 7) is 0. The molecule has 0 aromatic heterocycles. The van der Waals surface area contributed by atoms with Gasteiger partial charge in [-0.15, -0.1) is 0 Å². The van der Waals surface area contributed by atoms with Gasteiger partial charge in [-0.05, 0) is 0 Å². The Bertz CT molecular complexity index is 528. The molecule has 0 aliphatic rings. The second kappa shape index (κ2) is 5.59. The Balaban J connectivity index is 3.71. The van der Waals surface area contributed by atoms with Gasteiger partial charge < -0.3 is 14.6 Å². The average Bonchev–Trinajstić information content (AvgIpc) is 2.39. The molecule has 0 amide bonds. The van der Waals surface area contributed by atoms with Crippen LogP contribution in [0.2, 0.25) is 0 Å². The Morgan fingerprint density at radius 1 is 1.05 bits per heavy atom. The molecule has 1 aromatic rings. The van der Waals surface area contributed by atoms with Crippen molar-refractivity contribution < 1.29 is 36.9 Å². The van der Waals surface area contributed by atoms with E-state index in [1.807, 2.05) is 0 Å². The van der Waals surface area contributed by atoms with Crippen LogP contribution >= 0.6 is 0 Å². The monoisotopic (exact) mass is 280 g/mol. The number of ether oxygens (including phenoxy) is 2. The number of benzene rings is 1. The molecule has 0 aliphatic heterocycles. The fourth-order valence-corrected chi connectivity index (χ4v) is 1.29. The summed E-state index contributed by atoms with van der Waals surface area (Å²) in [6, 6.07) is -0.0348. The van der Waals surface area contributed by atoms with Gasteiger partial charge in [-0.1, -0.05) is 0 Å². The summed E-state index contributed by atoms with van der Waals surface area (Å²) in [4.78, 5) is 11.3. The first kappa shape index (κ1) is 14.8. The van der Waals surface area contributed by atoms with Crippen molar-refractivity contribution >= 4 is 11.5 Å². The number of carbonyl (C=O) groups is 1. The van der Waals surface area contributed by atoms with Crippen molar-refractivity contribution in [3.63, 3.8) is 0 Å². The molecule has 4 nitrogen and oxygen atoms in total. The molecular weight excluding hydrogens is 272 g/mol. The number of hydrogen-bond acceptors (Lipinski definition) is 4. The Kier molecular flexibility index (Phi) is 4.36. The molecule has 0 unspecified atom stereocenters. The maximum Gasteiger partial charge on any atom is 0.345 e. The van der Waals surface area contributed by atoms with E-state index in [9.17, 15) is 27.5 Å². The first-order valence-electron chi connectivity index (χ1n) is 4.74. The molecule has 1 rings (SSSR count). The van der Waals surface area contributed by atoms with E-state index in [0.29, 0.717) is 0 Å². The van der Waals surface area contributed by atoms with E-state index in [2.05, 4.69) is 9.47 Å². The van der Waals surface area contributed by atoms with Crippen LogP contribution in [0.5, 0.6) is 0 Å². The van der Waals surface area contributed by atoms with Gasteiger partial charge in [0.15, 0.2) is 28.8 Å². The quantitative estimate of drug-likeness (QED) is 0.303. The number of aliphatic hydroxyl groups excluding tert-OH is 1. The third-order valence-corrected chi connectivity index (χ3v) is 2.16. The molecule has 8 heteroatoms. The Morgan fingerprint density at radius 2 is 1.53 bits per heavy atom. The van der Waals surface area contributed by atoms with Gasteiger partial charge in [-0.2, -0.15) is 0 Å². The zero-order valence-electron chi connectivity index (χ0n) is 9.76. The number of carbonyl (C=O) groups excluding carboxylic acids is 1. The van der Waals surface area contributed by atoms with Gasteiger partial charge in [0.2, 0.25) is 0 Å². The lowest BCUT2D eigenvalue weighted by Gasteiger charge is -2.10. The van der Waals surface area contributed by atoms with Gasteiger partial charge in [0.1, 0.15) is 0 Å². The van der Waals surface area contributed by atoms with Crippen LogP contribution in [-0.2, 0) is 14.3 Å². The lowest BCUT2D eigenvalue weighted by atomic mass is 10.0. The molecule has 0 radical (unpaired) electrons. The van der Waals surface area contributed by atoms with Crippen molar-refractivity contribution in [2.75, 3.05) is 14.2 Å². The number of esters is 1. The summed E-state index contributed by atoms with van der Waals surface area (Å²) in [5, 5.41) is 9.28. The predicted octanol–water partition coefficient (Wildman–Crippen LogP) is 2.29. The SMILES string of the molecule is COC(=O)/C(=C(\O)OC)c1c(F)c(F)cc(F)c1F. The molecular formula is C11H8F4O4. The third-order valence-electron chi connectivity index (χ3n) is 2.16. The van der Waals surface area contributed by atoms with E-state index in [1.54, 1.807) is 0 Å². The lowest BCUT2D eigenvalue weighted by Crippen LogP contribution is -2.13. The zero-order valence-corrected chi connectivity index (χ0v) is 9.76. The van der Waals surface area contributed by atoms with Crippen molar-refractivity contribution in [1.29, 1.82) is 0 Å². The highest BCUT2D eigenvalue weighted by Crippen LogP contribution is 2.28. The topological polar surface area (TPSA) is 55.8 Å². The standard InChI is InChI=1S/C11H8F4O4/c1-18-10(16)7(11(17)19-2)6-8(14)4(12)3-5(13)9(6)15/h3,16H,1-2H3/b10-7+. The highest BCUT2D eigenvalue weighted by Gasteiger charge is 2.30. The molecule has 0 heterocycles. The van der Waals surface area contributed by atoms with Crippen molar-refractivity contribution in [2.45, 2.75) is 0 Å². The summed E-state index contributed by atoms with van der Waals surface area (Å²) in [7, 11) is 1.72. The van der Waals surface area contributed by atoms with Crippen LogP contribution in [0.3, 0.4) is 0 Å². The van der Waals surface area contributed by atoms with Gasteiger partial charge in [-0.3, -0.25) is 0 Å². The molecule has 1 aromatic carbocycles. The number of rotatable bonds is 3. The van der Waals surface area contributed by atoms with Crippen LogP contribution in [0.25, 0.3) is 5.57 Å². The van der Waals surface area contributed by atoms with Crippen LogP contribution in [-0.4, -0.2) is 25.3 Å². The summed E-state index contributed by atoms with van der Waals surface area (Å²) in [6.07, 6.45) is 0. The fraction of sp³-hybridized carbons (Fsp3) is 0.182. The number of aliphatic hydroxyl groups is 1. The predicted molar refractivity (Wildman–Crippen MR) is 54.8 cm³/mol. The summed E-state index contributed by atoms with van der Waals surface area (Å²) >= 11 is 0. The van der Waals surface area contributed by atoms with E-state index in [0.717, 1.165) is 14.2 Å². The lowest BCUT2D eigenvalue weighted by molar-refractivity contribution is -0.134. The van der Waals surface area contributed by atoms with Crippen LogP contribution < -0.4 is 0 Å². The molecule has 0 fully saturated rings. The maximum absolute atomic E-state index is 13.5. The Labute approximate surface area is 104 Å². The summed E-state index contributed by atoms with van der Waals surface area (Å²) in [5.74, 6) is -9.86. The number of hydrogen-bond donors (Lipinski definition) is 1. The van der Waals surface area contributed by atoms with Crippen LogP contribution in [0.4, 0.5) is 17.6 Å². The first-order valence-corrected chi connectivity index (χ1v) is 4.74. The molecule has 0 saturated carbocycles. The Morgan fingerprint density at radius 3 is 1.89 bits per heavy atom. The second-order valence-corrected chi connectivity index (χ2v) is 3.22. The number of halogens is 4. The molecule has 0 atom stereocenters. The van der Waals surface area contributed by atoms with E-state index >= 15 is 0 Å². The van der Waals surface area contributed by atoms with Gasteiger partial charge in [0.05, 0.1) is 19.8 Å². The first-order chi connectivity index (χ1) is 8.84. The van der Waals surface area contributed by atoms with Crippen molar-refractivity contribution in [1.82, 2.24) is 0 Å². The highest BCUT2D eigenvalue weighted by atomic mass is 19.2. The fourth-order valence-electron chi connectivity index (χ4n) is 1.29. The Hall–Kier alpha value is -2.25. The molecule has 19 heavy (non-hydrogen) atoms. The molecule has 1 N–H and O–H groups in total. The van der Waals surface area contributed by atoms with Gasteiger partial charge >= 0.3 is 5.97 Å². The normalized spacial score (nSPS) is 11.9. The summed E-state index contributed by atoms with van der Waals surface area (Å²) in [5.41, 5.74) is -2.58. The number of methoxy groups -OCH3 is 2. The van der Waals surface area contributed by atoms with E-state index < -0.39 is 46.3 Å². The third kappa shape index (κ3) is 2.61. The summed E-state index contributed by atoms with van der Waals surface area (Å²) < 4.78 is 61.5. The molecule has 0 bridgehead atoms. The minimum atomic E-state index is -1.86. The van der Waals surface area contributed by atoms with Crippen LogP contribution in [0.15, 0.2) is 12.0 Å². The van der Waals surface area contributed by atoms with E-state index in [4.69, 9.17) is 0 Å². The van der Waals surface area contributed by atoms with Gasteiger partial charge in [0.25, 0.3) is 5.95 Å². The average molecular weight is 280 g/mol. The smallest absolute Gasteiger partial charge is 0.345 e. The second-order valence-electron chi connectivity index (χ2n) is 3.22. The van der Waals surface area contributed by atoms with Crippen molar-refractivity contribution in [2.24, 2.45) is 0 Å². The van der Waals surface area contributed by atoms with Crippen LogP contribution in [0, 0.1) is 23.3 Å².